The van der Waals surface area contributed by atoms with Crippen LogP contribution in [0.2, 0.25) is 0 Å². The molecule has 0 saturated carbocycles. The molecule has 112 valence electrons. The van der Waals surface area contributed by atoms with Crippen molar-refractivity contribution in [3.05, 3.63) is 41.2 Å². The minimum atomic E-state index is 0.452. The third kappa shape index (κ3) is 4.15. The third-order valence-corrected chi connectivity index (χ3v) is 3.37. The first-order valence-electron chi connectivity index (χ1n) is 7.31. The molecule has 0 unspecified atom stereocenters. The Bertz CT molecular complexity index is 576. The first-order valence-corrected chi connectivity index (χ1v) is 7.31. The van der Waals surface area contributed by atoms with Gasteiger partial charge in [0.1, 0.15) is 11.4 Å². The topological polar surface area (TPSA) is 57.0 Å². The summed E-state index contributed by atoms with van der Waals surface area (Å²) in [6.07, 6.45) is 3.41. The van der Waals surface area contributed by atoms with Crippen molar-refractivity contribution in [2.75, 3.05) is 6.61 Å². The van der Waals surface area contributed by atoms with E-state index in [-0.39, 0.29) is 0 Å². The quantitative estimate of drug-likeness (QED) is 0.553. The Morgan fingerprint density at radius 2 is 2.00 bits per heavy atom. The third-order valence-electron chi connectivity index (χ3n) is 3.37. The largest absolute Gasteiger partial charge is 0.494 e. The highest BCUT2D eigenvalue weighted by atomic mass is 16.5. The summed E-state index contributed by atoms with van der Waals surface area (Å²) < 4.78 is 7.50. The van der Waals surface area contributed by atoms with Crippen LogP contribution < -0.4 is 4.74 Å². The highest BCUT2D eigenvalue weighted by Crippen LogP contribution is 2.12. The van der Waals surface area contributed by atoms with Gasteiger partial charge in [0.2, 0.25) is 0 Å². The van der Waals surface area contributed by atoms with E-state index in [1.807, 2.05) is 35.9 Å². The molecule has 0 bridgehead atoms. The molecule has 2 rings (SSSR count). The summed E-state index contributed by atoms with van der Waals surface area (Å²) in [6.45, 7) is 5.50. The molecule has 0 amide bonds. The van der Waals surface area contributed by atoms with Gasteiger partial charge >= 0.3 is 0 Å². The van der Waals surface area contributed by atoms with Crippen LogP contribution in [-0.4, -0.2) is 27.9 Å². The molecule has 1 heterocycles. The first-order chi connectivity index (χ1) is 10.2. The highest BCUT2D eigenvalue weighted by molar-refractivity contribution is 5.73. The van der Waals surface area contributed by atoms with Gasteiger partial charge in [0.05, 0.1) is 12.3 Å². The van der Waals surface area contributed by atoms with Gasteiger partial charge < -0.3 is 4.74 Å². The second-order valence-corrected chi connectivity index (χ2v) is 4.98. The molecular formula is C16H21N3O2. The molecule has 1 aromatic heterocycles. The Labute approximate surface area is 124 Å². The van der Waals surface area contributed by atoms with E-state index in [4.69, 9.17) is 4.74 Å². The Hall–Kier alpha value is -2.17. The summed E-state index contributed by atoms with van der Waals surface area (Å²) in [7, 11) is 0. The molecule has 0 spiro atoms. The zero-order chi connectivity index (χ0) is 15.1. The van der Waals surface area contributed by atoms with Crippen LogP contribution in [0, 0.1) is 6.92 Å². The number of nitrogens with zero attached hydrogens (tertiary/aromatic N) is 3. The second-order valence-electron chi connectivity index (χ2n) is 4.98. The molecule has 0 aliphatic carbocycles. The lowest BCUT2D eigenvalue weighted by molar-refractivity contribution is 0.111. The van der Waals surface area contributed by atoms with Crippen molar-refractivity contribution >= 4 is 6.29 Å². The summed E-state index contributed by atoms with van der Waals surface area (Å²) in [4.78, 5) is 10.8. The summed E-state index contributed by atoms with van der Waals surface area (Å²) >= 11 is 0. The van der Waals surface area contributed by atoms with E-state index in [0.717, 1.165) is 43.5 Å². The van der Waals surface area contributed by atoms with Crippen LogP contribution in [0.5, 0.6) is 5.75 Å². The molecule has 0 radical (unpaired) electrons. The summed E-state index contributed by atoms with van der Waals surface area (Å²) in [5.74, 6) is 0.902. The molecule has 5 heteroatoms. The average Bonchev–Trinajstić information content (AvgIpc) is 2.90. The number of hydrogen-bond donors (Lipinski definition) is 0. The Kier molecular flexibility index (Phi) is 5.49. The van der Waals surface area contributed by atoms with E-state index < -0.39 is 0 Å². The van der Waals surface area contributed by atoms with E-state index in [9.17, 15) is 4.79 Å². The van der Waals surface area contributed by atoms with Gasteiger partial charge in [0.25, 0.3) is 0 Å². The standard InChI is InChI=1S/C16H21N3O2/c1-3-16-15(12-20)17-18-19(16)10-4-5-11-21-14-8-6-13(2)7-9-14/h6-9,12H,3-5,10-11H2,1-2H3. The van der Waals surface area contributed by atoms with E-state index in [2.05, 4.69) is 17.2 Å². The van der Waals surface area contributed by atoms with E-state index in [0.29, 0.717) is 12.3 Å². The molecule has 0 aliphatic rings. The maximum atomic E-state index is 10.8. The van der Waals surface area contributed by atoms with Gasteiger partial charge in [-0.3, -0.25) is 4.79 Å². The Morgan fingerprint density at radius 3 is 2.67 bits per heavy atom. The molecule has 0 fully saturated rings. The number of hydrogen-bond acceptors (Lipinski definition) is 4. The van der Waals surface area contributed by atoms with Crippen molar-refractivity contribution in [2.24, 2.45) is 0 Å². The van der Waals surface area contributed by atoms with Crippen molar-refractivity contribution in [3.63, 3.8) is 0 Å². The second kappa shape index (κ2) is 7.57. The lowest BCUT2D eigenvalue weighted by Gasteiger charge is -2.07. The predicted molar refractivity (Wildman–Crippen MR) is 80.7 cm³/mol. The SMILES string of the molecule is CCc1c(C=O)nnn1CCCCOc1ccc(C)cc1. The fourth-order valence-corrected chi connectivity index (χ4v) is 2.17. The number of ether oxygens (including phenoxy) is 1. The van der Waals surface area contributed by atoms with E-state index in [1.165, 1.54) is 5.56 Å². The highest BCUT2D eigenvalue weighted by Gasteiger charge is 2.09. The lowest BCUT2D eigenvalue weighted by atomic mass is 10.2. The number of benzene rings is 1. The van der Waals surface area contributed by atoms with E-state index >= 15 is 0 Å². The molecule has 0 aliphatic heterocycles. The van der Waals surface area contributed by atoms with Crippen molar-refractivity contribution < 1.29 is 9.53 Å². The molecular weight excluding hydrogens is 266 g/mol. The first kappa shape index (κ1) is 15.2. The maximum Gasteiger partial charge on any atom is 0.172 e. The van der Waals surface area contributed by atoms with Gasteiger partial charge in [0.15, 0.2) is 6.29 Å². The van der Waals surface area contributed by atoms with Crippen LogP contribution in [0.15, 0.2) is 24.3 Å². The predicted octanol–water partition coefficient (Wildman–Crippen LogP) is 2.82. The minimum Gasteiger partial charge on any atom is -0.494 e. The fourth-order valence-electron chi connectivity index (χ4n) is 2.17. The Morgan fingerprint density at radius 1 is 1.24 bits per heavy atom. The van der Waals surface area contributed by atoms with Crippen LogP contribution in [0.25, 0.3) is 0 Å². The van der Waals surface area contributed by atoms with Crippen molar-refractivity contribution in [3.8, 4) is 5.75 Å². The van der Waals surface area contributed by atoms with Gasteiger partial charge in [0, 0.05) is 6.54 Å². The van der Waals surface area contributed by atoms with Crippen LogP contribution in [0.1, 0.15) is 41.5 Å². The van der Waals surface area contributed by atoms with Gasteiger partial charge in [-0.15, -0.1) is 5.10 Å². The minimum absolute atomic E-state index is 0.452. The van der Waals surface area contributed by atoms with Crippen LogP contribution in [-0.2, 0) is 13.0 Å². The summed E-state index contributed by atoms with van der Waals surface area (Å²) in [6, 6.07) is 8.05. The average molecular weight is 287 g/mol. The molecule has 21 heavy (non-hydrogen) atoms. The van der Waals surface area contributed by atoms with Gasteiger partial charge in [-0.05, 0) is 38.3 Å². The van der Waals surface area contributed by atoms with Gasteiger partial charge in [-0.1, -0.05) is 29.8 Å². The number of carbonyl (C=O) groups is 1. The molecule has 2 aromatic rings. The number of unbranched alkanes of at least 4 members (excludes halogenated alkanes) is 1. The van der Waals surface area contributed by atoms with E-state index in [1.54, 1.807) is 0 Å². The normalized spacial score (nSPS) is 10.6. The number of aromatic nitrogens is 3. The van der Waals surface area contributed by atoms with Gasteiger partial charge in [-0.2, -0.15) is 0 Å². The van der Waals surface area contributed by atoms with Crippen LogP contribution in [0.3, 0.4) is 0 Å². The maximum absolute atomic E-state index is 10.8. The number of aldehydes is 1. The van der Waals surface area contributed by atoms with Crippen molar-refractivity contribution in [1.29, 1.82) is 0 Å². The van der Waals surface area contributed by atoms with Crippen LogP contribution >= 0.6 is 0 Å². The fraction of sp³-hybridized carbons (Fsp3) is 0.438. The molecule has 0 N–H and O–H groups in total. The van der Waals surface area contributed by atoms with Crippen molar-refractivity contribution in [1.82, 2.24) is 15.0 Å². The summed E-state index contributed by atoms with van der Waals surface area (Å²) in [5.41, 5.74) is 2.59. The molecule has 0 atom stereocenters. The smallest absolute Gasteiger partial charge is 0.172 e. The zero-order valence-electron chi connectivity index (χ0n) is 12.6. The molecule has 0 saturated heterocycles. The van der Waals surface area contributed by atoms with Crippen LogP contribution in [0.4, 0.5) is 0 Å². The number of aryl methyl sites for hydroxylation is 2. The van der Waals surface area contributed by atoms with Crippen molar-refractivity contribution in [2.45, 2.75) is 39.7 Å². The van der Waals surface area contributed by atoms with Gasteiger partial charge in [-0.25, -0.2) is 4.68 Å². The Balaban J connectivity index is 1.73. The molecule has 5 nitrogen and oxygen atoms in total. The lowest BCUT2D eigenvalue weighted by Crippen LogP contribution is -2.07. The number of carbonyl (C=O) groups excluding carboxylic acids is 1. The number of rotatable bonds is 8. The summed E-state index contributed by atoms with van der Waals surface area (Å²) in [5, 5.41) is 7.89. The molecule has 1 aromatic carbocycles. The zero-order valence-corrected chi connectivity index (χ0v) is 12.6. The monoisotopic (exact) mass is 287 g/mol.